The Hall–Kier alpha value is -2.08. The standard InChI is InChI=1S/C16H25N5O/c17-15(22)14(6-3-9-20-16(18)19)21-13-8-7-11-4-1-2-5-12(11)10-13/h1-2,4-5,13-14,21H,3,6-10H2,(H2,17,22)(H4,18,19,20)/t13?,14-/m0/s1. The van der Waals surface area contributed by atoms with Gasteiger partial charge >= 0.3 is 0 Å². The Morgan fingerprint density at radius 1 is 1.27 bits per heavy atom. The molecule has 7 N–H and O–H groups in total. The Bertz CT molecular complexity index is 539. The van der Waals surface area contributed by atoms with E-state index in [1.807, 2.05) is 0 Å². The summed E-state index contributed by atoms with van der Waals surface area (Å²) in [6, 6.07) is 8.41. The van der Waals surface area contributed by atoms with E-state index < -0.39 is 0 Å². The number of fused-ring (bicyclic) bond motifs is 1. The first-order valence-corrected chi connectivity index (χ1v) is 7.74. The van der Waals surface area contributed by atoms with Crippen LogP contribution in [-0.2, 0) is 17.6 Å². The van der Waals surface area contributed by atoms with Gasteiger partial charge in [-0.25, -0.2) is 0 Å². The van der Waals surface area contributed by atoms with Crippen molar-refractivity contribution in [1.82, 2.24) is 5.32 Å². The van der Waals surface area contributed by atoms with Crippen LogP contribution < -0.4 is 22.5 Å². The van der Waals surface area contributed by atoms with Gasteiger partial charge in [-0.05, 0) is 43.2 Å². The first-order valence-electron chi connectivity index (χ1n) is 7.74. The number of guanidine groups is 1. The number of rotatable bonds is 7. The number of amides is 1. The van der Waals surface area contributed by atoms with Crippen molar-refractivity contribution in [3.05, 3.63) is 35.4 Å². The Kier molecular flexibility index (Phi) is 5.77. The number of carbonyl (C=O) groups excluding carboxylic acids is 1. The van der Waals surface area contributed by atoms with Gasteiger partial charge in [0.25, 0.3) is 0 Å². The molecular formula is C16H25N5O. The lowest BCUT2D eigenvalue weighted by Gasteiger charge is -2.28. The van der Waals surface area contributed by atoms with Gasteiger partial charge in [-0.3, -0.25) is 9.79 Å². The number of nitrogens with one attached hydrogen (secondary N) is 1. The summed E-state index contributed by atoms with van der Waals surface area (Å²) in [6.45, 7) is 0.515. The van der Waals surface area contributed by atoms with Crippen LogP contribution in [0.5, 0.6) is 0 Å². The maximum atomic E-state index is 11.6. The van der Waals surface area contributed by atoms with Gasteiger partial charge in [0.15, 0.2) is 5.96 Å². The summed E-state index contributed by atoms with van der Waals surface area (Å²) in [4.78, 5) is 15.5. The van der Waals surface area contributed by atoms with Crippen LogP contribution in [0, 0.1) is 0 Å². The molecule has 6 nitrogen and oxygen atoms in total. The summed E-state index contributed by atoms with van der Waals surface area (Å²) in [6.07, 6.45) is 4.36. The van der Waals surface area contributed by atoms with E-state index in [4.69, 9.17) is 17.2 Å². The number of benzene rings is 1. The molecule has 120 valence electrons. The molecule has 6 heteroatoms. The second-order valence-electron chi connectivity index (χ2n) is 5.78. The second-order valence-corrected chi connectivity index (χ2v) is 5.78. The Labute approximate surface area is 131 Å². The highest BCUT2D eigenvalue weighted by atomic mass is 16.1. The van der Waals surface area contributed by atoms with Gasteiger partial charge < -0.3 is 22.5 Å². The minimum absolute atomic E-state index is 0.0764. The van der Waals surface area contributed by atoms with Crippen molar-refractivity contribution in [3.63, 3.8) is 0 Å². The Balaban J connectivity index is 1.86. The predicted octanol–water partition coefficient (Wildman–Crippen LogP) is 0.0410. The van der Waals surface area contributed by atoms with Crippen molar-refractivity contribution in [2.45, 2.75) is 44.2 Å². The number of primary amides is 1. The molecule has 0 bridgehead atoms. The molecule has 0 fully saturated rings. The van der Waals surface area contributed by atoms with Gasteiger partial charge in [0.1, 0.15) is 0 Å². The number of aryl methyl sites for hydroxylation is 1. The number of hydrogen-bond acceptors (Lipinski definition) is 3. The van der Waals surface area contributed by atoms with Gasteiger partial charge in [-0.1, -0.05) is 24.3 Å². The van der Waals surface area contributed by atoms with Crippen molar-refractivity contribution in [3.8, 4) is 0 Å². The monoisotopic (exact) mass is 303 g/mol. The molecule has 0 aliphatic heterocycles. The molecule has 1 unspecified atom stereocenters. The molecular weight excluding hydrogens is 278 g/mol. The largest absolute Gasteiger partial charge is 0.370 e. The van der Waals surface area contributed by atoms with Gasteiger partial charge in [0.05, 0.1) is 6.04 Å². The highest BCUT2D eigenvalue weighted by molar-refractivity contribution is 5.79. The number of hydrogen-bond donors (Lipinski definition) is 4. The highest BCUT2D eigenvalue weighted by Gasteiger charge is 2.23. The van der Waals surface area contributed by atoms with E-state index in [0.717, 1.165) is 25.7 Å². The summed E-state index contributed by atoms with van der Waals surface area (Å²) in [5.41, 5.74) is 18.8. The predicted molar refractivity (Wildman–Crippen MR) is 88.3 cm³/mol. The van der Waals surface area contributed by atoms with Crippen LogP contribution in [0.15, 0.2) is 29.3 Å². The molecule has 2 rings (SSSR count). The molecule has 0 saturated carbocycles. The average Bonchev–Trinajstić information content (AvgIpc) is 2.49. The van der Waals surface area contributed by atoms with Crippen molar-refractivity contribution in [2.24, 2.45) is 22.2 Å². The van der Waals surface area contributed by atoms with E-state index in [1.54, 1.807) is 0 Å². The third-order valence-corrected chi connectivity index (χ3v) is 4.07. The van der Waals surface area contributed by atoms with Crippen LogP contribution in [0.1, 0.15) is 30.4 Å². The molecule has 1 amide bonds. The lowest BCUT2D eigenvalue weighted by Crippen LogP contribution is -2.48. The lowest BCUT2D eigenvalue weighted by atomic mass is 9.88. The topological polar surface area (TPSA) is 120 Å². The van der Waals surface area contributed by atoms with E-state index in [9.17, 15) is 4.79 Å². The minimum Gasteiger partial charge on any atom is -0.370 e. The zero-order valence-electron chi connectivity index (χ0n) is 12.8. The van der Waals surface area contributed by atoms with Crippen molar-refractivity contribution in [1.29, 1.82) is 0 Å². The molecule has 1 aliphatic rings. The number of aliphatic imine (C=N–C) groups is 1. The zero-order valence-corrected chi connectivity index (χ0v) is 12.8. The smallest absolute Gasteiger partial charge is 0.234 e. The first-order chi connectivity index (χ1) is 10.6. The SMILES string of the molecule is NC(=O)[C@H](CCCN=C(N)N)NC1CCc2ccccc2C1. The molecule has 0 saturated heterocycles. The van der Waals surface area contributed by atoms with Crippen LogP contribution in [0.25, 0.3) is 0 Å². The van der Waals surface area contributed by atoms with E-state index in [0.29, 0.717) is 13.0 Å². The Morgan fingerprint density at radius 3 is 2.68 bits per heavy atom. The first kappa shape index (κ1) is 16.3. The maximum absolute atomic E-state index is 11.6. The van der Waals surface area contributed by atoms with Gasteiger partial charge in [-0.2, -0.15) is 0 Å². The molecule has 0 heterocycles. The van der Waals surface area contributed by atoms with E-state index in [2.05, 4.69) is 34.6 Å². The van der Waals surface area contributed by atoms with E-state index >= 15 is 0 Å². The highest BCUT2D eigenvalue weighted by Crippen LogP contribution is 2.21. The van der Waals surface area contributed by atoms with Gasteiger partial charge in [-0.15, -0.1) is 0 Å². The quantitative estimate of drug-likeness (QED) is 0.323. The fraction of sp³-hybridized carbons (Fsp3) is 0.500. The van der Waals surface area contributed by atoms with Crippen molar-refractivity contribution >= 4 is 11.9 Å². The van der Waals surface area contributed by atoms with Gasteiger partial charge in [0.2, 0.25) is 5.91 Å². The molecule has 22 heavy (non-hydrogen) atoms. The van der Waals surface area contributed by atoms with Crippen molar-refractivity contribution in [2.75, 3.05) is 6.54 Å². The normalized spacial score (nSPS) is 18.3. The fourth-order valence-corrected chi connectivity index (χ4v) is 2.94. The third-order valence-electron chi connectivity index (χ3n) is 4.07. The molecule has 2 atom stereocenters. The third kappa shape index (κ3) is 4.73. The Morgan fingerprint density at radius 2 is 2.00 bits per heavy atom. The van der Waals surface area contributed by atoms with Crippen LogP contribution >= 0.6 is 0 Å². The lowest BCUT2D eigenvalue weighted by molar-refractivity contribution is -0.120. The summed E-state index contributed by atoms with van der Waals surface area (Å²) in [5, 5.41) is 3.40. The minimum atomic E-state index is -0.329. The van der Waals surface area contributed by atoms with Crippen molar-refractivity contribution < 1.29 is 4.79 Å². The van der Waals surface area contributed by atoms with Crippen LogP contribution in [0.3, 0.4) is 0 Å². The summed E-state index contributed by atoms with van der Waals surface area (Å²) in [5.74, 6) is -0.240. The summed E-state index contributed by atoms with van der Waals surface area (Å²) in [7, 11) is 0. The fourth-order valence-electron chi connectivity index (χ4n) is 2.94. The summed E-state index contributed by atoms with van der Waals surface area (Å²) >= 11 is 0. The number of nitrogens with zero attached hydrogens (tertiary/aromatic N) is 1. The number of nitrogens with two attached hydrogens (primary N) is 3. The van der Waals surface area contributed by atoms with Crippen LogP contribution in [0.4, 0.5) is 0 Å². The maximum Gasteiger partial charge on any atom is 0.234 e. The van der Waals surface area contributed by atoms with E-state index in [-0.39, 0.29) is 24.0 Å². The molecule has 1 aromatic carbocycles. The molecule has 1 aliphatic carbocycles. The second kappa shape index (κ2) is 7.79. The number of carbonyl (C=O) groups is 1. The van der Waals surface area contributed by atoms with Crippen LogP contribution in [0.2, 0.25) is 0 Å². The molecule has 0 radical (unpaired) electrons. The van der Waals surface area contributed by atoms with Gasteiger partial charge in [0, 0.05) is 12.6 Å². The molecule has 0 spiro atoms. The van der Waals surface area contributed by atoms with Crippen LogP contribution in [-0.4, -0.2) is 30.5 Å². The zero-order chi connectivity index (χ0) is 15.9. The average molecular weight is 303 g/mol. The molecule has 1 aromatic rings. The van der Waals surface area contributed by atoms with E-state index in [1.165, 1.54) is 11.1 Å². The summed E-state index contributed by atoms with van der Waals surface area (Å²) < 4.78 is 0. The molecule has 0 aromatic heterocycles.